The SMILES string of the molecule is CCC(=O)Nc1ccc2c(=O)cc(-c3ccccc3OC)oc2c1. The molecule has 0 unspecified atom stereocenters. The molecular weight excluding hydrogens is 306 g/mol. The number of hydrogen-bond donors (Lipinski definition) is 1. The number of anilines is 1. The van der Waals surface area contributed by atoms with Gasteiger partial charge in [0.2, 0.25) is 5.91 Å². The number of carbonyl (C=O) groups is 1. The van der Waals surface area contributed by atoms with E-state index in [0.717, 1.165) is 0 Å². The number of ether oxygens (including phenoxy) is 1. The van der Waals surface area contributed by atoms with Crippen molar-refractivity contribution in [2.45, 2.75) is 13.3 Å². The number of benzene rings is 2. The van der Waals surface area contributed by atoms with Gasteiger partial charge in [0.25, 0.3) is 0 Å². The van der Waals surface area contributed by atoms with E-state index in [9.17, 15) is 9.59 Å². The second-order valence-corrected chi connectivity index (χ2v) is 5.29. The molecule has 0 aliphatic carbocycles. The molecule has 0 saturated heterocycles. The lowest BCUT2D eigenvalue weighted by molar-refractivity contribution is -0.115. The largest absolute Gasteiger partial charge is 0.496 e. The molecule has 0 fully saturated rings. The molecule has 0 spiro atoms. The summed E-state index contributed by atoms with van der Waals surface area (Å²) in [6.45, 7) is 1.77. The number of hydrogen-bond acceptors (Lipinski definition) is 4. The van der Waals surface area contributed by atoms with Crippen LogP contribution in [0.5, 0.6) is 5.75 Å². The van der Waals surface area contributed by atoms with Gasteiger partial charge in [0.05, 0.1) is 18.1 Å². The van der Waals surface area contributed by atoms with Gasteiger partial charge in [-0.1, -0.05) is 19.1 Å². The van der Waals surface area contributed by atoms with Crippen LogP contribution >= 0.6 is 0 Å². The van der Waals surface area contributed by atoms with Gasteiger partial charge in [0.15, 0.2) is 5.43 Å². The fourth-order valence-electron chi connectivity index (χ4n) is 2.46. The standard InChI is InChI=1S/C19H17NO4/c1-3-19(22)20-12-8-9-13-15(21)11-18(24-17(13)10-12)14-6-4-5-7-16(14)23-2/h4-11H,3H2,1-2H3,(H,20,22). The highest BCUT2D eigenvalue weighted by Crippen LogP contribution is 2.31. The zero-order chi connectivity index (χ0) is 17.1. The average Bonchev–Trinajstić information content (AvgIpc) is 2.61. The summed E-state index contributed by atoms with van der Waals surface area (Å²) < 4.78 is 11.2. The third-order valence-electron chi connectivity index (χ3n) is 3.71. The van der Waals surface area contributed by atoms with Crippen LogP contribution in [0.2, 0.25) is 0 Å². The van der Waals surface area contributed by atoms with Crippen LogP contribution in [-0.2, 0) is 4.79 Å². The van der Waals surface area contributed by atoms with E-state index in [0.29, 0.717) is 40.2 Å². The summed E-state index contributed by atoms with van der Waals surface area (Å²) in [5, 5.41) is 3.22. The molecule has 1 N–H and O–H groups in total. The van der Waals surface area contributed by atoms with Crippen LogP contribution in [0.25, 0.3) is 22.3 Å². The molecule has 0 aliphatic rings. The zero-order valence-electron chi connectivity index (χ0n) is 13.5. The predicted molar refractivity (Wildman–Crippen MR) is 93.4 cm³/mol. The summed E-state index contributed by atoms with van der Waals surface area (Å²) in [6, 6.07) is 13.8. The Bertz CT molecular complexity index is 959. The molecule has 0 saturated carbocycles. The van der Waals surface area contributed by atoms with Crippen LogP contribution in [0, 0.1) is 0 Å². The first-order chi connectivity index (χ1) is 11.6. The highest BCUT2D eigenvalue weighted by Gasteiger charge is 2.12. The molecule has 3 aromatic rings. The maximum atomic E-state index is 12.4. The first-order valence-corrected chi connectivity index (χ1v) is 7.63. The molecule has 2 aromatic carbocycles. The fraction of sp³-hybridized carbons (Fsp3) is 0.158. The second-order valence-electron chi connectivity index (χ2n) is 5.29. The minimum absolute atomic E-state index is 0.0995. The highest BCUT2D eigenvalue weighted by atomic mass is 16.5. The van der Waals surface area contributed by atoms with Crippen LogP contribution in [0.3, 0.4) is 0 Å². The number of amides is 1. The van der Waals surface area contributed by atoms with E-state index in [1.807, 2.05) is 18.2 Å². The fourth-order valence-corrected chi connectivity index (χ4v) is 2.46. The Balaban J connectivity index is 2.14. The van der Waals surface area contributed by atoms with E-state index in [2.05, 4.69) is 5.32 Å². The van der Waals surface area contributed by atoms with Gasteiger partial charge in [-0.15, -0.1) is 0 Å². The summed E-state index contributed by atoms with van der Waals surface area (Å²) in [6.07, 6.45) is 0.378. The van der Waals surface area contributed by atoms with Gasteiger partial charge in [-0.3, -0.25) is 9.59 Å². The Kier molecular flexibility index (Phi) is 4.33. The van der Waals surface area contributed by atoms with Crippen molar-refractivity contribution in [1.29, 1.82) is 0 Å². The number of carbonyl (C=O) groups excluding carboxylic acids is 1. The summed E-state index contributed by atoms with van der Waals surface area (Å²) in [5.41, 5.74) is 1.56. The number of rotatable bonds is 4. The molecule has 5 nitrogen and oxygen atoms in total. The Morgan fingerprint density at radius 3 is 2.71 bits per heavy atom. The van der Waals surface area contributed by atoms with E-state index in [-0.39, 0.29) is 11.3 Å². The van der Waals surface area contributed by atoms with E-state index >= 15 is 0 Å². The Morgan fingerprint density at radius 1 is 1.17 bits per heavy atom. The van der Waals surface area contributed by atoms with Gasteiger partial charge in [0, 0.05) is 24.2 Å². The molecule has 0 atom stereocenters. The van der Waals surface area contributed by atoms with Gasteiger partial charge in [-0.05, 0) is 24.3 Å². The van der Waals surface area contributed by atoms with Crippen molar-refractivity contribution in [2.24, 2.45) is 0 Å². The number of fused-ring (bicyclic) bond motifs is 1. The quantitative estimate of drug-likeness (QED) is 0.792. The molecular formula is C19H17NO4. The first kappa shape index (κ1) is 15.8. The average molecular weight is 323 g/mol. The molecule has 1 amide bonds. The van der Waals surface area contributed by atoms with Crippen molar-refractivity contribution in [2.75, 3.05) is 12.4 Å². The lowest BCUT2D eigenvalue weighted by Crippen LogP contribution is -2.09. The predicted octanol–water partition coefficient (Wildman–Crippen LogP) is 3.82. The van der Waals surface area contributed by atoms with Crippen molar-refractivity contribution in [1.82, 2.24) is 0 Å². The highest BCUT2D eigenvalue weighted by molar-refractivity contribution is 5.93. The molecule has 1 heterocycles. The topological polar surface area (TPSA) is 68.5 Å². The lowest BCUT2D eigenvalue weighted by atomic mass is 10.1. The maximum absolute atomic E-state index is 12.4. The van der Waals surface area contributed by atoms with Gasteiger partial charge in [-0.25, -0.2) is 0 Å². The summed E-state index contributed by atoms with van der Waals surface area (Å²) in [4.78, 5) is 23.9. The summed E-state index contributed by atoms with van der Waals surface area (Å²) in [5.74, 6) is 0.942. The zero-order valence-corrected chi connectivity index (χ0v) is 13.5. The molecule has 0 aliphatic heterocycles. The van der Waals surface area contributed by atoms with E-state index in [1.54, 1.807) is 38.3 Å². The van der Waals surface area contributed by atoms with Crippen molar-refractivity contribution in [3.63, 3.8) is 0 Å². The monoisotopic (exact) mass is 323 g/mol. The normalized spacial score (nSPS) is 10.6. The second kappa shape index (κ2) is 6.58. The minimum atomic E-state index is -0.148. The Hall–Kier alpha value is -3.08. The Labute approximate surface area is 138 Å². The van der Waals surface area contributed by atoms with E-state index < -0.39 is 0 Å². The summed E-state index contributed by atoms with van der Waals surface area (Å²) in [7, 11) is 1.57. The van der Waals surface area contributed by atoms with Crippen LogP contribution in [0.1, 0.15) is 13.3 Å². The first-order valence-electron chi connectivity index (χ1n) is 7.63. The van der Waals surface area contributed by atoms with Gasteiger partial charge in [-0.2, -0.15) is 0 Å². The Morgan fingerprint density at radius 2 is 1.96 bits per heavy atom. The molecule has 5 heteroatoms. The van der Waals surface area contributed by atoms with Gasteiger partial charge in [0.1, 0.15) is 17.1 Å². The molecule has 1 aromatic heterocycles. The minimum Gasteiger partial charge on any atom is -0.496 e. The molecule has 122 valence electrons. The van der Waals surface area contributed by atoms with Gasteiger partial charge < -0.3 is 14.5 Å². The van der Waals surface area contributed by atoms with Crippen LogP contribution in [0.15, 0.2) is 57.7 Å². The third kappa shape index (κ3) is 3.01. The van der Waals surface area contributed by atoms with Crippen molar-refractivity contribution in [3.8, 4) is 17.1 Å². The molecule has 3 rings (SSSR count). The van der Waals surface area contributed by atoms with Crippen LogP contribution in [0.4, 0.5) is 5.69 Å². The molecule has 0 bridgehead atoms. The van der Waals surface area contributed by atoms with Crippen molar-refractivity contribution >= 4 is 22.6 Å². The molecule has 24 heavy (non-hydrogen) atoms. The van der Waals surface area contributed by atoms with E-state index in [4.69, 9.17) is 9.15 Å². The number of methoxy groups -OCH3 is 1. The third-order valence-corrected chi connectivity index (χ3v) is 3.71. The molecule has 0 radical (unpaired) electrons. The van der Waals surface area contributed by atoms with E-state index in [1.165, 1.54) is 6.07 Å². The number of nitrogens with one attached hydrogen (secondary N) is 1. The van der Waals surface area contributed by atoms with Crippen molar-refractivity contribution in [3.05, 3.63) is 58.8 Å². The lowest BCUT2D eigenvalue weighted by Gasteiger charge is -2.09. The van der Waals surface area contributed by atoms with Crippen LogP contribution < -0.4 is 15.5 Å². The van der Waals surface area contributed by atoms with Crippen molar-refractivity contribution < 1.29 is 13.9 Å². The number of para-hydroxylation sites is 1. The maximum Gasteiger partial charge on any atom is 0.224 e. The van der Waals surface area contributed by atoms with Crippen LogP contribution in [-0.4, -0.2) is 13.0 Å². The van der Waals surface area contributed by atoms with Gasteiger partial charge >= 0.3 is 0 Å². The smallest absolute Gasteiger partial charge is 0.224 e. The summed E-state index contributed by atoms with van der Waals surface area (Å²) >= 11 is 0.